The van der Waals surface area contributed by atoms with E-state index in [1.165, 1.54) is 19.3 Å². The maximum atomic E-state index is 11.4. The molecule has 0 atom stereocenters. The minimum Gasteiger partial charge on any atom is -0.338 e. The summed E-state index contributed by atoms with van der Waals surface area (Å²) in [6, 6.07) is 0. The van der Waals surface area contributed by atoms with Gasteiger partial charge in [0.25, 0.3) is 5.56 Å². The van der Waals surface area contributed by atoms with E-state index in [1.807, 2.05) is 0 Å². The van der Waals surface area contributed by atoms with Gasteiger partial charge >= 0.3 is 0 Å². The van der Waals surface area contributed by atoms with Crippen molar-refractivity contribution >= 4 is 12.2 Å². The predicted octanol–water partition coefficient (Wildman–Crippen LogP) is 2.56. The number of hydrogen-bond acceptors (Lipinski definition) is 2. The van der Waals surface area contributed by atoms with E-state index in [2.05, 4.69) is 16.9 Å². The number of nitrogens with one attached hydrogen (secondary N) is 2. The minimum atomic E-state index is -0.0507. The number of aromatic amines is 2. The first-order valence-electron chi connectivity index (χ1n) is 5.05. The van der Waals surface area contributed by atoms with Gasteiger partial charge in [-0.3, -0.25) is 9.78 Å². The number of aryl methyl sites for hydroxylation is 1. The Labute approximate surface area is 88.6 Å². The Balaban J connectivity index is 2.51. The number of H-pyrrole nitrogens is 2. The molecule has 1 rings (SSSR count). The van der Waals surface area contributed by atoms with Gasteiger partial charge in [0.15, 0.2) is 4.77 Å². The summed E-state index contributed by atoms with van der Waals surface area (Å²) in [7, 11) is 0. The molecule has 3 nitrogen and oxygen atoms in total. The summed E-state index contributed by atoms with van der Waals surface area (Å²) in [6.07, 6.45) is 7.26. The molecule has 14 heavy (non-hydrogen) atoms. The molecule has 0 amide bonds. The second-order valence-corrected chi connectivity index (χ2v) is 3.82. The lowest BCUT2D eigenvalue weighted by Gasteiger charge is -1.99. The first-order chi connectivity index (χ1) is 6.74. The van der Waals surface area contributed by atoms with E-state index in [0.29, 0.717) is 4.77 Å². The van der Waals surface area contributed by atoms with Crippen LogP contribution in [0.1, 0.15) is 38.2 Å². The Morgan fingerprint density at radius 2 is 2.14 bits per heavy atom. The lowest BCUT2D eigenvalue weighted by molar-refractivity contribution is 0.662. The Kier molecular flexibility index (Phi) is 4.59. The quantitative estimate of drug-likeness (QED) is 0.582. The lowest BCUT2D eigenvalue weighted by atomic mass is 10.1. The molecular formula is C10H16N2OS. The Morgan fingerprint density at radius 1 is 1.36 bits per heavy atom. The van der Waals surface area contributed by atoms with E-state index in [-0.39, 0.29) is 5.56 Å². The average molecular weight is 212 g/mol. The van der Waals surface area contributed by atoms with Crippen LogP contribution in [-0.2, 0) is 6.42 Å². The van der Waals surface area contributed by atoms with Crippen LogP contribution in [-0.4, -0.2) is 9.97 Å². The van der Waals surface area contributed by atoms with Crippen LogP contribution in [0.2, 0.25) is 0 Å². The number of aromatic nitrogens is 2. The van der Waals surface area contributed by atoms with Crippen LogP contribution < -0.4 is 5.56 Å². The highest BCUT2D eigenvalue weighted by atomic mass is 32.1. The van der Waals surface area contributed by atoms with E-state index in [4.69, 9.17) is 12.2 Å². The predicted molar refractivity (Wildman–Crippen MR) is 60.1 cm³/mol. The highest BCUT2D eigenvalue weighted by molar-refractivity contribution is 7.71. The van der Waals surface area contributed by atoms with Crippen LogP contribution >= 0.6 is 12.2 Å². The van der Waals surface area contributed by atoms with Crippen molar-refractivity contribution in [3.63, 3.8) is 0 Å². The fraction of sp³-hybridized carbons (Fsp3) is 0.600. The van der Waals surface area contributed by atoms with Gasteiger partial charge in [-0.1, -0.05) is 26.2 Å². The van der Waals surface area contributed by atoms with Crippen molar-refractivity contribution in [2.45, 2.75) is 39.0 Å². The molecule has 0 aliphatic rings. The van der Waals surface area contributed by atoms with E-state index >= 15 is 0 Å². The Hall–Kier alpha value is -0.900. The summed E-state index contributed by atoms with van der Waals surface area (Å²) >= 11 is 4.80. The highest BCUT2D eigenvalue weighted by Crippen LogP contribution is 2.03. The van der Waals surface area contributed by atoms with Gasteiger partial charge < -0.3 is 4.98 Å². The fourth-order valence-electron chi connectivity index (χ4n) is 1.37. The summed E-state index contributed by atoms with van der Waals surface area (Å²) in [5.41, 5.74) is 0.750. The number of hydrogen-bond donors (Lipinski definition) is 2. The zero-order valence-corrected chi connectivity index (χ0v) is 9.25. The van der Waals surface area contributed by atoms with Gasteiger partial charge in [0.05, 0.1) is 0 Å². The number of unbranched alkanes of at least 4 members (excludes halogenated alkanes) is 3. The second kappa shape index (κ2) is 5.75. The van der Waals surface area contributed by atoms with Gasteiger partial charge in [-0.25, -0.2) is 0 Å². The molecule has 0 saturated heterocycles. The van der Waals surface area contributed by atoms with Gasteiger partial charge in [-0.05, 0) is 25.1 Å². The first-order valence-corrected chi connectivity index (χ1v) is 5.45. The van der Waals surface area contributed by atoms with Crippen molar-refractivity contribution in [2.75, 3.05) is 0 Å². The maximum Gasteiger partial charge on any atom is 0.254 e. The maximum absolute atomic E-state index is 11.4. The molecule has 1 heterocycles. The van der Waals surface area contributed by atoms with Gasteiger partial charge in [-0.15, -0.1) is 0 Å². The Morgan fingerprint density at radius 3 is 2.79 bits per heavy atom. The summed E-state index contributed by atoms with van der Waals surface area (Å²) in [4.78, 5) is 16.8. The molecule has 0 fully saturated rings. The normalized spacial score (nSPS) is 10.4. The standard InChI is InChI=1S/C10H16N2OS/c1-2-3-4-5-6-8-7-11-10(14)12-9(8)13/h7H,2-6H2,1H3,(H2,11,12,13,14). The summed E-state index contributed by atoms with van der Waals surface area (Å²) in [6.45, 7) is 2.17. The van der Waals surface area contributed by atoms with Gasteiger partial charge in [-0.2, -0.15) is 0 Å². The zero-order valence-electron chi connectivity index (χ0n) is 8.43. The van der Waals surface area contributed by atoms with Crippen molar-refractivity contribution in [1.82, 2.24) is 9.97 Å². The average Bonchev–Trinajstić information content (AvgIpc) is 2.15. The third-order valence-electron chi connectivity index (χ3n) is 2.20. The van der Waals surface area contributed by atoms with Crippen molar-refractivity contribution in [2.24, 2.45) is 0 Å². The molecule has 0 aliphatic carbocycles. The van der Waals surface area contributed by atoms with Crippen molar-refractivity contribution in [3.05, 3.63) is 26.9 Å². The van der Waals surface area contributed by atoms with Gasteiger partial charge in [0.1, 0.15) is 0 Å². The van der Waals surface area contributed by atoms with Gasteiger partial charge in [0.2, 0.25) is 0 Å². The summed E-state index contributed by atoms with van der Waals surface area (Å²) in [5.74, 6) is 0. The van der Waals surface area contributed by atoms with E-state index < -0.39 is 0 Å². The van der Waals surface area contributed by atoms with E-state index in [0.717, 1.165) is 18.4 Å². The van der Waals surface area contributed by atoms with E-state index in [1.54, 1.807) is 6.20 Å². The zero-order chi connectivity index (χ0) is 10.4. The number of rotatable bonds is 5. The fourth-order valence-corrected chi connectivity index (χ4v) is 1.52. The molecule has 0 spiro atoms. The molecule has 0 unspecified atom stereocenters. The molecule has 4 heteroatoms. The SMILES string of the molecule is CCCCCCc1c[nH]c(=S)[nH]c1=O. The summed E-state index contributed by atoms with van der Waals surface area (Å²) in [5, 5.41) is 0. The van der Waals surface area contributed by atoms with Crippen LogP contribution in [0.3, 0.4) is 0 Å². The van der Waals surface area contributed by atoms with Crippen LogP contribution in [0.25, 0.3) is 0 Å². The van der Waals surface area contributed by atoms with E-state index in [9.17, 15) is 4.79 Å². The van der Waals surface area contributed by atoms with Crippen molar-refractivity contribution < 1.29 is 0 Å². The van der Waals surface area contributed by atoms with Gasteiger partial charge in [0, 0.05) is 11.8 Å². The second-order valence-electron chi connectivity index (χ2n) is 3.41. The lowest BCUT2D eigenvalue weighted by Crippen LogP contribution is -2.13. The third-order valence-corrected chi connectivity index (χ3v) is 2.42. The highest BCUT2D eigenvalue weighted by Gasteiger charge is 1.98. The molecular weight excluding hydrogens is 196 g/mol. The summed E-state index contributed by atoms with van der Waals surface area (Å²) < 4.78 is 0.396. The molecule has 1 aromatic heterocycles. The molecule has 2 N–H and O–H groups in total. The first kappa shape index (κ1) is 11.2. The molecule has 0 saturated carbocycles. The molecule has 1 aromatic rings. The monoisotopic (exact) mass is 212 g/mol. The Bertz CT molecular complexity index is 380. The molecule has 0 radical (unpaired) electrons. The molecule has 0 bridgehead atoms. The van der Waals surface area contributed by atoms with Crippen molar-refractivity contribution in [1.29, 1.82) is 0 Å². The van der Waals surface area contributed by atoms with Crippen LogP contribution in [0.5, 0.6) is 0 Å². The molecule has 0 aliphatic heterocycles. The molecule has 78 valence electrons. The third kappa shape index (κ3) is 3.46. The van der Waals surface area contributed by atoms with Crippen LogP contribution in [0.15, 0.2) is 11.0 Å². The smallest absolute Gasteiger partial charge is 0.254 e. The molecule has 0 aromatic carbocycles. The van der Waals surface area contributed by atoms with Crippen molar-refractivity contribution in [3.8, 4) is 0 Å². The van der Waals surface area contributed by atoms with Crippen LogP contribution in [0, 0.1) is 4.77 Å². The minimum absolute atomic E-state index is 0.0507. The largest absolute Gasteiger partial charge is 0.338 e. The van der Waals surface area contributed by atoms with Crippen LogP contribution in [0.4, 0.5) is 0 Å². The topological polar surface area (TPSA) is 48.6 Å².